The molecule has 0 heterocycles. The summed E-state index contributed by atoms with van der Waals surface area (Å²) in [7, 11) is 0. The van der Waals surface area contributed by atoms with Gasteiger partial charge in [0.05, 0.1) is 0 Å². The van der Waals surface area contributed by atoms with Crippen LogP contribution in [0.3, 0.4) is 0 Å². The molecule has 0 amide bonds. The third-order valence-electron chi connectivity index (χ3n) is 7.14. The lowest BCUT2D eigenvalue weighted by atomic mass is 9.80. The summed E-state index contributed by atoms with van der Waals surface area (Å²) in [5.41, 5.74) is 12.8. The Hall–Kier alpha value is -1.56. The molecule has 0 aliphatic carbocycles. The second-order valence-corrected chi connectivity index (χ2v) is 14.5. The van der Waals surface area contributed by atoms with E-state index in [-0.39, 0.29) is 0 Å². The van der Waals surface area contributed by atoms with Crippen molar-refractivity contribution in [2.24, 2.45) is 35.5 Å². The minimum absolute atomic E-state index is 0.665. The van der Waals surface area contributed by atoms with Crippen LogP contribution in [-0.2, 0) is 44.9 Å². The van der Waals surface area contributed by atoms with Crippen LogP contribution >= 0.6 is 0 Å². The van der Waals surface area contributed by atoms with E-state index in [0.717, 1.165) is 6.42 Å². The standard InChI is InChI=1S/C37H60/c1-24(2)13-30-19-32(15-26(5)6)36(33(20-30)16-27(7)8)23-37-34(17-28(9)10)21-31(14-25(3)4)22-35(37)18-29(11)12/h19-22,24-29H,13-18,23H2,1-12H3. The van der Waals surface area contributed by atoms with Crippen LogP contribution in [0.2, 0.25) is 0 Å². The summed E-state index contributed by atoms with van der Waals surface area (Å²) in [6, 6.07) is 10.3. The summed E-state index contributed by atoms with van der Waals surface area (Å²) in [5, 5.41) is 0. The highest BCUT2D eigenvalue weighted by atomic mass is 14.2. The van der Waals surface area contributed by atoms with E-state index in [0.29, 0.717) is 35.5 Å². The fraction of sp³-hybridized carbons (Fsp3) is 0.676. The Labute approximate surface area is 232 Å². The molecule has 2 rings (SSSR count). The lowest BCUT2D eigenvalue weighted by Crippen LogP contribution is -2.13. The molecule has 37 heavy (non-hydrogen) atoms. The quantitative estimate of drug-likeness (QED) is 0.240. The monoisotopic (exact) mass is 504 g/mol. The van der Waals surface area contributed by atoms with Gasteiger partial charge in [0.25, 0.3) is 0 Å². The molecule has 0 saturated heterocycles. The molecule has 0 fully saturated rings. The van der Waals surface area contributed by atoms with Crippen LogP contribution in [0.5, 0.6) is 0 Å². The first kappa shape index (κ1) is 31.7. The van der Waals surface area contributed by atoms with Crippen LogP contribution in [0.4, 0.5) is 0 Å². The van der Waals surface area contributed by atoms with Gasteiger partial charge in [-0.25, -0.2) is 0 Å². The van der Waals surface area contributed by atoms with Gasteiger partial charge in [0.2, 0.25) is 0 Å². The lowest BCUT2D eigenvalue weighted by molar-refractivity contribution is 0.612. The fourth-order valence-electron chi connectivity index (χ4n) is 6.04. The van der Waals surface area contributed by atoms with Crippen molar-refractivity contribution in [3.8, 4) is 0 Å². The average molecular weight is 505 g/mol. The number of benzene rings is 2. The summed E-state index contributed by atoms with van der Waals surface area (Å²) in [4.78, 5) is 0. The summed E-state index contributed by atoms with van der Waals surface area (Å²) >= 11 is 0. The molecule has 0 spiro atoms. The van der Waals surface area contributed by atoms with E-state index in [2.05, 4.69) is 107 Å². The van der Waals surface area contributed by atoms with E-state index in [1.54, 1.807) is 44.5 Å². The molecule has 0 radical (unpaired) electrons. The highest BCUT2D eigenvalue weighted by Crippen LogP contribution is 2.32. The van der Waals surface area contributed by atoms with Crippen molar-refractivity contribution < 1.29 is 0 Å². The summed E-state index contributed by atoms with van der Waals surface area (Å²) < 4.78 is 0. The molecule has 0 aromatic heterocycles. The van der Waals surface area contributed by atoms with Gasteiger partial charge in [0.1, 0.15) is 0 Å². The molecule has 0 saturated carbocycles. The van der Waals surface area contributed by atoms with E-state index >= 15 is 0 Å². The number of rotatable bonds is 14. The lowest BCUT2D eigenvalue weighted by Gasteiger charge is -2.25. The summed E-state index contributed by atoms with van der Waals surface area (Å²) in [6.45, 7) is 28.5. The zero-order valence-corrected chi connectivity index (χ0v) is 26.7. The van der Waals surface area contributed by atoms with Crippen molar-refractivity contribution in [3.05, 3.63) is 68.8 Å². The Bertz CT molecular complexity index is 826. The topological polar surface area (TPSA) is 0 Å². The Kier molecular flexibility index (Phi) is 12.5. The van der Waals surface area contributed by atoms with Gasteiger partial charge in [-0.15, -0.1) is 0 Å². The maximum absolute atomic E-state index is 2.58. The fourth-order valence-corrected chi connectivity index (χ4v) is 6.04. The zero-order chi connectivity index (χ0) is 27.9. The highest BCUT2D eigenvalue weighted by molar-refractivity contribution is 5.48. The molecule has 0 bridgehead atoms. The van der Waals surface area contributed by atoms with Gasteiger partial charge < -0.3 is 0 Å². The van der Waals surface area contributed by atoms with E-state index in [9.17, 15) is 0 Å². The molecule has 0 unspecified atom stereocenters. The maximum Gasteiger partial charge on any atom is -0.00148 e. The summed E-state index contributed by atoms with van der Waals surface area (Å²) in [5.74, 6) is 4.04. The van der Waals surface area contributed by atoms with Gasteiger partial charge in [-0.2, -0.15) is 0 Å². The minimum Gasteiger partial charge on any atom is -0.0625 e. The first-order valence-electron chi connectivity index (χ1n) is 15.5. The van der Waals surface area contributed by atoms with Gasteiger partial charge in [0, 0.05) is 0 Å². The molecule has 0 atom stereocenters. The Morgan fingerprint density at radius 3 is 0.757 bits per heavy atom. The van der Waals surface area contributed by atoms with Gasteiger partial charge in [-0.3, -0.25) is 0 Å². The molecule has 2 aromatic rings. The third kappa shape index (κ3) is 10.6. The second-order valence-electron chi connectivity index (χ2n) is 14.5. The van der Waals surface area contributed by atoms with Crippen LogP contribution in [-0.4, -0.2) is 0 Å². The van der Waals surface area contributed by atoms with Crippen molar-refractivity contribution in [3.63, 3.8) is 0 Å². The number of hydrogen-bond acceptors (Lipinski definition) is 0. The minimum atomic E-state index is 0.665. The smallest absolute Gasteiger partial charge is 0.00148 e. The summed E-state index contributed by atoms with van der Waals surface area (Å²) in [6.07, 6.45) is 8.16. The van der Waals surface area contributed by atoms with Crippen molar-refractivity contribution in [2.45, 2.75) is 128 Å². The molecular formula is C37H60. The SMILES string of the molecule is CC(C)Cc1cc(CC(C)C)c(Cc2c(CC(C)C)cc(CC(C)C)cc2CC(C)C)c(CC(C)C)c1. The van der Waals surface area contributed by atoms with E-state index in [4.69, 9.17) is 0 Å². The zero-order valence-electron chi connectivity index (χ0n) is 26.7. The van der Waals surface area contributed by atoms with E-state index in [1.165, 1.54) is 38.5 Å². The highest BCUT2D eigenvalue weighted by Gasteiger charge is 2.20. The van der Waals surface area contributed by atoms with Gasteiger partial charge in [-0.1, -0.05) is 107 Å². The average Bonchev–Trinajstić information content (AvgIpc) is 2.69. The Balaban J connectivity index is 2.78. The number of hydrogen-bond donors (Lipinski definition) is 0. The van der Waals surface area contributed by atoms with Crippen molar-refractivity contribution >= 4 is 0 Å². The van der Waals surface area contributed by atoms with Crippen molar-refractivity contribution in [1.29, 1.82) is 0 Å². The molecular weight excluding hydrogens is 444 g/mol. The Morgan fingerprint density at radius 1 is 0.351 bits per heavy atom. The molecule has 208 valence electrons. The van der Waals surface area contributed by atoms with Crippen LogP contribution in [0.25, 0.3) is 0 Å². The predicted molar refractivity (Wildman–Crippen MR) is 167 cm³/mol. The van der Waals surface area contributed by atoms with Crippen LogP contribution in [0.15, 0.2) is 24.3 Å². The van der Waals surface area contributed by atoms with Crippen LogP contribution in [0.1, 0.15) is 128 Å². The maximum atomic E-state index is 2.58. The molecule has 0 nitrogen and oxygen atoms in total. The van der Waals surface area contributed by atoms with E-state index < -0.39 is 0 Å². The van der Waals surface area contributed by atoms with Crippen LogP contribution in [0, 0.1) is 35.5 Å². The third-order valence-corrected chi connectivity index (χ3v) is 7.14. The van der Waals surface area contributed by atoms with Crippen molar-refractivity contribution in [1.82, 2.24) is 0 Å². The molecule has 0 aliphatic rings. The molecule has 0 N–H and O–H groups in total. The molecule has 0 aliphatic heterocycles. The van der Waals surface area contributed by atoms with Gasteiger partial charge in [0.15, 0.2) is 0 Å². The van der Waals surface area contributed by atoms with Crippen LogP contribution < -0.4 is 0 Å². The second kappa shape index (κ2) is 14.6. The first-order chi connectivity index (χ1) is 17.2. The van der Waals surface area contributed by atoms with Gasteiger partial charge >= 0.3 is 0 Å². The van der Waals surface area contributed by atoms with E-state index in [1.807, 2.05) is 0 Å². The molecule has 2 aromatic carbocycles. The normalized spacial score (nSPS) is 12.4. The van der Waals surface area contributed by atoms with Gasteiger partial charge in [-0.05, 0) is 125 Å². The van der Waals surface area contributed by atoms with Crippen molar-refractivity contribution in [2.75, 3.05) is 0 Å². The largest absolute Gasteiger partial charge is 0.0625 e. The predicted octanol–water partition coefficient (Wildman–Crippen LogP) is 10.5. The first-order valence-corrected chi connectivity index (χ1v) is 15.5. The Morgan fingerprint density at radius 2 is 0.568 bits per heavy atom. The molecule has 0 heteroatoms.